The molecule has 1 aromatic carbocycles. The molecule has 5 nitrogen and oxygen atoms in total. The van der Waals surface area contributed by atoms with E-state index in [1.54, 1.807) is 31.4 Å². The third-order valence-electron chi connectivity index (χ3n) is 2.94. The van der Waals surface area contributed by atoms with Gasteiger partial charge in [-0.25, -0.2) is 0 Å². The van der Waals surface area contributed by atoms with E-state index >= 15 is 0 Å². The fourth-order valence-corrected chi connectivity index (χ4v) is 1.69. The number of benzene rings is 1. The Hall–Kier alpha value is -2.04. The standard InChI is InChI=1S/C14H19NO4/c1-3-10(8-13(16)17)9-15-14(18)11-4-6-12(19-2)7-5-11/h4-7,10H,3,8-9H2,1-2H3,(H,15,18)(H,16,17). The first kappa shape index (κ1) is 15.0. The van der Waals surface area contributed by atoms with E-state index in [2.05, 4.69) is 5.32 Å². The molecule has 0 spiro atoms. The van der Waals surface area contributed by atoms with Crippen LogP contribution in [-0.4, -0.2) is 30.6 Å². The van der Waals surface area contributed by atoms with Crippen LogP contribution in [0.15, 0.2) is 24.3 Å². The zero-order chi connectivity index (χ0) is 14.3. The van der Waals surface area contributed by atoms with E-state index in [4.69, 9.17) is 9.84 Å². The van der Waals surface area contributed by atoms with Crippen LogP contribution in [0.4, 0.5) is 0 Å². The van der Waals surface area contributed by atoms with Gasteiger partial charge in [0.15, 0.2) is 0 Å². The number of nitrogens with one attached hydrogen (secondary N) is 1. The summed E-state index contributed by atoms with van der Waals surface area (Å²) in [6.45, 7) is 2.28. The van der Waals surface area contributed by atoms with Crippen molar-refractivity contribution in [3.8, 4) is 5.75 Å². The highest BCUT2D eigenvalue weighted by molar-refractivity contribution is 5.94. The molecule has 1 rings (SSSR count). The molecule has 0 bridgehead atoms. The van der Waals surface area contributed by atoms with Gasteiger partial charge in [-0.1, -0.05) is 13.3 Å². The van der Waals surface area contributed by atoms with Crippen LogP contribution in [-0.2, 0) is 4.79 Å². The summed E-state index contributed by atoms with van der Waals surface area (Å²) >= 11 is 0. The van der Waals surface area contributed by atoms with Crippen LogP contribution in [0.3, 0.4) is 0 Å². The zero-order valence-corrected chi connectivity index (χ0v) is 11.2. The van der Waals surface area contributed by atoms with Gasteiger partial charge in [0, 0.05) is 18.5 Å². The average molecular weight is 265 g/mol. The van der Waals surface area contributed by atoms with Crippen molar-refractivity contribution in [1.82, 2.24) is 5.32 Å². The number of hydrogen-bond donors (Lipinski definition) is 2. The number of carbonyl (C=O) groups excluding carboxylic acids is 1. The van der Waals surface area contributed by atoms with E-state index in [0.29, 0.717) is 17.9 Å². The molecule has 0 heterocycles. The lowest BCUT2D eigenvalue weighted by Crippen LogP contribution is -2.30. The van der Waals surface area contributed by atoms with Crippen LogP contribution < -0.4 is 10.1 Å². The van der Waals surface area contributed by atoms with Gasteiger partial charge in [-0.2, -0.15) is 0 Å². The second kappa shape index (κ2) is 7.41. The fraction of sp³-hybridized carbons (Fsp3) is 0.429. The SMILES string of the molecule is CCC(CNC(=O)c1ccc(OC)cc1)CC(=O)O. The predicted molar refractivity (Wildman–Crippen MR) is 71.4 cm³/mol. The van der Waals surface area contributed by atoms with E-state index in [1.807, 2.05) is 6.92 Å². The second-order valence-corrected chi connectivity index (χ2v) is 4.31. The van der Waals surface area contributed by atoms with Crippen molar-refractivity contribution in [2.24, 2.45) is 5.92 Å². The van der Waals surface area contributed by atoms with E-state index in [1.165, 1.54) is 0 Å². The molecule has 19 heavy (non-hydrogen) atoms. The highest BCUT2D eigenvalue weighted by Gasteiger charge is 2.13. The van der Waals surface area contributed by atoms with Crippen molar-refractivity contribution in [3.63, 3.8) is 0 Å². The number of carbonyl (C=O) groups is 2. The van der Waals surface area contributed by atoms with Crippen LogP contribution >= 0.6 is 0 Å². The molecule has 5 heteroatoms. The Kier molecular flexibility index (Phi) is 5.85. The molecule has 0 aliphatic rings. The second-order valence-electron chi connectivity index (χ2n) is 4.31. The molecular weight excluding hydrogens is 246 g/mol. The summed E-state index contributed by atoms with van der Waals surface area (Å²) in [5, 5.41) is 11.5. The Balaban J connectivity index is 2.51. The van der Waals surface area contributed by atoms with E-state index in [0.717, 1.165) is 6.42 Å². The molecule has 0 saturated heterocycles. The first-order chi connectivity index (χ1) is 9.06. The molecular formula is C14H19NO4. The topological polar surface area (TPSA) is 75.6 Å². The molecule has 0 aliphatic carbocycles. The number of ether oxygens (including phenoxy) is 1. The number of hydrogen-bond acceptors (Lipinski definition) is 3. The molecule has 1 atom stereocenters. The Bertz CT molecular complexity index is 428. The normalized spacial score (nSPS) is 11.7. The fourth-order valence-electron chi connectivity index (χ4n) is 1.69. The summed E-state index contributed by atoms with van der Waals surface area (Å²) in [4.78, 5) is 22.5. The monoisotopic (exact) mass is 265 g/mol. The third-order valence-corrected chi connectivity index (χ3v) is 2.94. The van der Waals surface area contributed by atoms with Gasteiger partial charge in [-0.3, -0.25) is 9.59 Å². The number of aliphatic carboxylic acids is 1. The minimum atomic E-state index is -0.842. The number of carboxylic acids is 1. The quantitative estimate of drug-likeness (QED) is 0.789. The first-order valence-corrected chi connectivity index (χ1v) is 6.20. The lowest BCUT2D eigenvalue weighted by Gasteiger charge is -2.13. The summed E-state index contributed by atoms with van der Waals surface area (Å²) in [6, 6.07) is 6.77. The van der Waals surface area contributed by atoms with E-state index in [-0.39, 0.29) is 18.2 Å². The number of rotatable bonds is 7. The van der Waals surface area contributed by atoms with Crippen LogP contribution in [0.1, 0.15) is 30.1 Å². The Labute approximate surface area is 112 Å². The molecule has 0 aliphatic heterocycles. The lowest BCUT2D eigenvalue weighted by molar-refractivity contribution is -0.138. The summed E-state index contributed by atoms with van der Waals surface area (Å²) in [5.41, 5.74) is 0.533. The molecule has 1 aromatic rings. The third kappa shape index (κ3) is 4.99. The number of carboxylic acid groups (broad SMARTS) is 1. The van der Waals surface area contributed by atoms with Crippen molar-refractivity contribution in [3.05, 3.63) is 29.8 Å². The van der Waals surface area contributed by atoms with Gasteiger partial charge in [0.1, 0.15) is 5.75 Å². The number of methoxy groups -OCH3 is 1. The summed E-state index contributed by atoms with van der Waals surface area (Å²) in [6.07, 6.45) is 0.786. The summed E-state index contributed by atoms with van der Waals surface area (Å²) in [7, 11) is 1.56. The van der Waals surface area contributed by atoms with Crippen molar-refractivity contribution in [2.45, 2.75) is 19.8 Å². The molecule has 2 N–H and O–H groups in total. The Morgan fingerprint density at radius 3 is 2.42 bits per heavy atom. The van der Waals surface area contributed by atoms with Gasteiger partial charge in [-0.15, -0.1) is 0 Å². The van der Waals surface area contributed by atoms with Gasteiger partial charge >= 0.3 is 5.97 Å². The van der Waals surface area contributed by atoms with Crippen molar-refractivity contribution >= 4 is 11.9 Å². The maximum absolute atomic E-state index is 11.9. The van der Waals surface area contributed by atoms with Gasteiger partial charge in [0.05, 0.1) is 7.11 Å². The van der Waals surface area contributed by atoms with Crippen LogP contribution in [0.2, 0.25) is 0 Å². The highest BCUT2D eigenvalue weighted by atomic mass is 16.5. The van der Waals surface area contributed by atoms with Crippen LogP contribution in [0, 0.1) is 5.92 Å². The maximum Gasteiger partial charge on any atom is 0.303 e. The van der Waals surface area contributed by atoms with E-state index in [9.17, 15) is 9.59 Å². The zero-order valence-electron chi connectivity index (χ0n) is 11.2. The minimum absolute atomic E-state index is 0.0419. The van der Waals surface area contributed by atoms with Crippen molar-refractivity contribution in [2.75, 3.05) is 13.7 Å². The molecule has 0 fully saturated rings. The van der Waals surface area contributed by atoms with Crippen LogP contribution in [0.5, 0.6) is 5.75 Å². The lowest BCUT2D eigenvalue weighted by atomic mass is 10.0. The first-order valence-electron chi connectivity index (χ1n) is 6.20. The molecule has 1 amide bonds. The molecule has 104 valence electrons. The molecule has 0 aromatic heterocycles. The molecule has 0 saturated carbocycles. The number of amides is 1. The summed E-state index contributed by atoms with van der Waals surface area (Å²) in [5.74, 6) is -0.398. The minimum Gasteiger partial charge on any atom is -0.497 e. The molecule has 0 radical (unpaired) electrons. The largest absolute Gasteiger partial charge is 0.497 e. The smallest absolute Gasteiger partial charge is 0.303 e. The Morgan fingerprint density at radius 2 is 1.95 bits per heavy atom. The average Bonchev–Trinajstić information content (AvgIpc) is 2.42. The maximum atomic E-state index is 11.9. The van der Waals surface area contributed by atoms with Crippen LogP contribution in [0.25, 0.3) is 0 Å². The van der Waals surface area contributed by atoms with Crippen molar-refractivity contribution < 1.29 is 19.4 Å². The van der Waals surface area contributed by atoms with Gasteiger partial charge in [0.2, 0.25) is 0 Å². The molecule has 1 unspecified atom stereocenters. The summed E-state index contributed by atoms with van der Waals surface area (Å²) < 4.78 is 5.01. The Morgan fingerprint density at radius 1 is 1.32 bits per heavy atom. The predicted octanol–water partition coefficient (Wildman–Crippen LogP) is 1.93. The van der Waals surface area contributed by atoms with E-state index < -0.39 is 5.97 Å². The highest BCUT2D eigenvalue weighted by Crippen LogP contribution is 2.12. The van der Waals surface area contributed by atoms with Gasteiger partial charge < -0.3 is 15.2 Å². The van der Waals surface area contributed by atoms with Gasteiger partial charge in [0.25, 0.3) is 5.91 Å². The van der Waals surface area contributed by atoms with Gasteiger partial charge in [-0.05, 0) is 30.2 Å². The van der Waals surface area contributed by atoms with Crippen molar-refractivity contribution in [1.29, 1.82) is 0 Å².